The van der Waals surface area contributed by atoms with Crippen LogP contribution in [0.4, 0.5) is 0 Å². The van der Waals surface area contributed by atoms with E-state index >= 15 is 0 Å². The van der Waals surface area contributed by atoms with Crippen molar-refractivity contribution < 1.29 is 4.74 Å². The predicted octanol–water partition coefficient (Wildman–Crippen LogP) is 8.13. The van der Waals surface area contributed by atoms with E-state index in [4.69, 9.17) is 4.74 Å². The fraction of sp³-hybridized carbons (Fsp3) is 0.769. The van der Waals surface area contributed by atoms with Gasteiger partial charge in [0, 0.05) is 5.75 Å². The molecular formula is C26H42OS3. The third-order valence-electron chi connectivity index (χ3n) is 6.55. The lowest BCUT2D eigenvalue weighted by molar-refractivity contribution is 0.0243. The van der Waals surface area contributed by atoms with E-state index in [0.717, 1.165) is 18.4 Å². The van der Waals surface area contributed by atoms with E-state index in [0.29, 0.717) is 16.1 Å². The molecule has 0 N–H and O–H groups in total. The molecule has 1 aromatic carbocycles. The summed E-state index contributed by atoms with van der Waals surface area (Å²) in [5.74, 6) is 7.56. The summed E-state index contributed by atoms with van der Waals surface area (Å²) in [6.45, 7) is 8.07. The highest BCUT2D eigenvalue weighted by Gasteiger charge is 2.41. The number of hydrogen-bond acceptors (Lipinski definition) is 4. The summed E-state index contributed by atoms with van der Waals surface area (Å²) in [7, 11) is 0. The number of benzene rings is 1. The van der Waals surface area contributed by atoms with Gasteiger partial charge in [0.1, 0.15) is 0 Å². The van der Waals surface area contributed by atoms with E-state index < -0.39 is 0 Å². The Kier molecular flexibility index (Phi) is 10.8. The molecule has 4 atom stereocenters. The summed E-state index contributed by atoms with van der Waals surface area (Å²) < 4.78 is 6.89. The number of unbranched alkanes of at least 4 members (excludes halogenated alkanes) is 1. The fourth-order valence-corrected chi connectivity index (χ4v) is 10.2. The van der Waals surface area contributed by atoms with Crippen LogP contribution < -0.4 is 0 Å². The van der Waals surface area contributed by atoms with Crippen LogP contribution in [0.25, 0.3) is 0 Å². The van der Waals surface area contributed by atoms with Crippen LogP contribution in [-0.4, -0.2) is 33.2 Å². The van der Waals surface area contributed by atoms with Crippen LogP contribution in [0, 0.1) is 17.8 Å². The Morgan fingerprint density at radius 3 is 2.57 bits per heavy atom. The highest BCUT2D eigenvalue weighted by molar-refractivity contribution is 8.18. The Hall–Kier alpha value is 0.230. The molecule has 0 bridgehead atoms. The van der Waals surface area contributed by atoms with Gasteiger partial charge in [-0.05, 0) is 66.3 Å². The van der Waals surface area contributed by atoms with Gasteiger partial charge in [-0.1, -0.05) is 70.4 Å². The molecule has 0 aromatic heterocycles. The summed E-state index contributed by atoms with van der Waals surface area (Å²) in [5.41, 5.74) is 1.30. The summed E-state index contributed by atoms with van der Waals surface area (Å²) >= 11 is 6.68. The van der Waals surface area contributed by atoms with Gasteiger partial charge in [0.2, 0.25) is 0 Å². The van der Waals surface area contributed by atoms with Crippen LogP contribution >= 0.6 is 35.3 Å². The van der Waals surface area contributed by atoms with Crippen LogP contribution in [0.15, 0.2) is 30.3 Å². The summed E-state index contributed by atoms with van der Waals surface area (Å²) in [4.78, 5) is 0. The minimum atomic E-state index is 0.423. The first kappa shape index (κ1) is 24.9. The summed E-state index contributed by atoms with van der Waals surface area (Å²) in [5, 5.41) is 0. The lowest BCUT2D eigenvalue weighted by Gasteiger charge is -2.41. The number of ether oxygens (including phenoxy) is 1. The second-order valence-corrected chi connectivity index (χ2v) is 13.9. The van der Waals surface area contributed by atoms with Gasteiger partial charge in [0.15, 0.2) is 0 Å². The molecule has 30 heavy (non-hydrogen) atoms. The molecule has 0 amide bonds. The molecule has 0 spiro atoms. The van der Waals surface area contributed by atoms with Crippen molar-refractivity contribution in [1.29, 1.82) is 0 Å². The smallest absolute Gasteiger partial charge is 0.0721 e. The van der Waals surface area contributed by atoms with E-state index in [9.17, 15) is 0 Å². The maximum Gasteiger partial charge on any atom is 0.0721 e. The van der Waals surface area contributed by atoms with Gasteiger partial charge >= 0.3 is 0 Å². The van der Waals surface area contributed by atoms with Crippen molar-refractivity contribution in [1.82, 2.24) is 0 Å². The first-order valence-corrected chi connectivity index (χ1v) is 15.2. The average molecular weight is 467 g/mol. The van der Waals surface area contributed by atoms with Crippen molar-refractivity contribution in [2.75, 3.05) is 23.0 Å². The molecule has 0 unspecified atom stereocenters. The minimum Gasteiger partial charge on any atom is -0.372 e. The fourth-order valence-electron chi connectivity index (χ4n) is 5.04. The second-order valence-electron chi connectivity index (χ2n) is 9.59. The Morgan fingerprint density at radius 1 is 1.07 bits per heavy atom. The van der Waals surface area contributed by atoms with Crippen molar-refractivity contribution in [3.8, 4) is 0 Å². The van der Waals surface area contributed by atoms with Gasteiger partial charge < -0.3 is 4.74 Å². The zero-order valence-electron chi connectivity index (χ0n) is 19.3. The molecule has 2 saturated heterocycles. The molecule has 4 heteroatoms. The Labute approximate surface area is 198 Å². The van der Waals surface area contributed by atoms with E-state index in [2.05, 4.69) is 86.4 Å². The molecule has 1 aromatic rings. The quantitative estimate of drug-likeness (QED) is 0.307. The molecule has 2 heterocycles. The van der Waals surface area contributed by atoms with Crippen molar-refractivity contribution in [2.45, 2.75) is 82.5 Å². The number of thioether (sulfide) groups is 3. The van der Waals surface area contributed by atoms with E-state index in [1.54, 1.807) is 0 Å². The molecular weight excluding hydrogens is 424 g/mol. The molecule has 2 aliphatic rings. The zero-order valence-corrected chi connectivity index (χ0v) is 21.8. The van der Waals surface area contributed by atoms with E-state index in [1.807, 2.05) is 0 Å². The molecule has 0 radical (unpaired) electrons. The van der Waals surface area contributed by atoms with Crippen molar-refractivity contribution in [3.05, 3.63) is 35.9 Å². The standard InChI is InChI=1S/C26H42OS3/c1-4-5-10-21(2)15-22(3)16-26(29-13-9-14-30-26)17-24-19-28-20-25(24)27-18-23-11-7-6-8-12-23/h6-8,11-12,21-22,24-25H,4-5,9-10,13-20H2,1-3H3/t21-,22-,24-,25-/m0/s1. The van der Waals surface area contributed by atoms with Crippen molar-refractivity contribution >= 4 is 35.3 Å². The van der Waals surface area contributed by atoms with Gasteiger partial charge in [0.25, 0.3) is 0 Å². The maximum absolute atomic E-state index is 6.46. The highest BCUT2D eigenvalue weighted by Crippen LogP contribution is 2.52. The van der Waals surface area contributed by atoms with Gasteiger partial charge in [-0.25, -0.2) is 0 Å². The number of hydrogen-bond donors (Lipinski definition) is 0. The second kappa shape index (κ2) is 13.1. The third-order valence-corrected chi connectivity index (χ3v) is 11.2. The third kappa shape index (κ3) is 7.98. The Bertz CT molecular complexity index is 587. The van der Waals surface area contributed by atoms with Crippen LogP contribution in [-0.2, 0) is 11.3 Å². The molecule has 2 fully saturated rings. The average Bonchev–Trinajstić information content (AvgIpc) is 3.18. The SMILES string of the molecule is CCCC[C@H](C)C[C@H](C)CC1(C[C@H]2CSC[C@@H]2OCc2ccccc2)SCCCS1. The normalized spacial score (nSPS) is 25.8. The van der Waals surface area contributed by atoms with Crippen molar-refractivity contribution in [3.63, 3.8) is 0 Å². The lowest BCUT2D eigenvalue weighted by Crippen LogP contribution is -2.35. The van der Waals surface area contributed by atoms with Gasteiger partial charge in [-0.3, -0.25) is 0 Å². The molecule has 0 saturated carbocycles. The van der Waals surface area contributed by atoms with Crippen LogP contribution in [0.1, 0.15) is 71.3 Å². The Balaban J connectivity index is 1.56. The van der Waals surface area contributed by atoms with Gasteiger partial charge in [-0.15, -0.1) is 23.5 Å². The van der Waals surface area contributed by atoms with E-state index in [1.165, 1.54) is 73.5 Å². The summed E-state index contributed by atoms with van der Waals surface area (Å²) in [6, 6.07) is 10.7. The monoisotopic (exact) mass is 466 g/mol. The van der Waals surface area contributed by atoms with Crippen LogP contribution in [0.2, 0.25) is 0 Å². The Morgan fingerprint density at radius 2 is 1.83 bits per heavy atom. The largest absolute Gasteiger partial charge is 0.372 e. The maximum atomic E-state index is 6.46. The molecule has 2 aliphatic heterocycles. The van der Waals surface area contributed by atoms with Crippen LogP contribution in [0.5, 0.6) is 0 Å². The topological polar surface area (TPSA) is 9.23 Å². The molecule has 3 rings (SSSR count). The highest BCUT2D eigenvalue weighted by atomic mass is 32.2. The minimum absolute atomic E-state index is 0.423. The molecule has 170 valence electrons. The van der Waals surface area contributed by atoms with Crippen LogP contribution in [0.3, 0.4) is 0 Å². The number of rotatable bonds is 12. The van der Waals surface area contributed by atoms with Crippen molar-refractivity contribution in [2.24, 2.45) is 17.8 Å². The lowest BCUT2D eigenvalue weighted by atomic mass is 9.88. The van der Waals surface area contributed by atoms with E-state index in [-0.39, 0.29) is 0 Å². The molecule has 0 aliphatic carbocycles. The zero-order chi connectivity index (χ0) is 21.2. The summed E-state index contributed by atoms with van der Waals surface area (Å²) in [6.07, 6.45) is 10.0. The first-order valence-electron chi connectivity index (χ1n) is 12.1. The predicted molar refractivity (Wildman–Crippen MR) is 140 cm³/mol. The molecule has 1 nitrogen and oxygen atoms in total. The van der Waals surface area contributed by atoms with Gasteiger partial charge in [-0.2, -0.15) is 11.8 Å². The first-order chi connectivity index (χ1) is 14.6. The van der Waals surface area contributed by atoms with Gasteiger partial charge in [0.05, 0.1) is 16.8 Å².